The number of rotatable bonds is 5. The summed E-state index contributed by atoms with van der Waals surface area (Å²) in [7, 11) is 1.49. The molecule has 0 aliphatic carbocycles. The van der Waals surface area contributed by atoms with Gasteiger partial charge in [0.15, 0.2) is 0 Å². The van der Waals surface area contributed by atoms with Gasteiger partial charge < -0.3 is 29.9 Å². The lowest BCUT2D eigenvalue weighted by molar-refractivity contribution is -0.256. The van der Waals surface area contributed by atoms with Crippen molar-refractivity contribution in [2.45, 2.75) is 0 Å². The van der Waals surface area contributed by atoms with Gasteiger partial charge in [0, 0.05) is 22.8 Å². The number of anilines is 2. The van der Waals surface area contributed by atoms with Crippen molar-refractivity contribution in [2.24, 2.45) is 0 Å². The van der Waals surface area contributed by atoms with Gasteiger partial charge in [0.05, 0.1) is 30.3 Å². The molecule has 7 heteroatoms. The van der Waals surface area contributed by atoms with E-state index < -0.39 is 11.9 Å². The molecule has 0 fully saturated rings. The third-order valence-electron chi connectivity index (χ3n) is 3.66. The minimum absolute atomic E-state index is 0.0315. The summed E-state index contributed by atoms with van der Waals surface area (Å²) < 4.78 is 5.17. The first-order chi connectivity index (χ1) is 12.0. The highest BCUT2D eigenvalue weighted by Gasteiger charge is 2.12. The van der Waals surface area contributed by atoms with Gasteiger partial charge in [-0.05, 0) is 35.9 Å². The molecule has 0 atom stereocenters. The van der Waals surface area contributed by atoms with E-state index in [2.05, 4.69) is 10.3 Å². The summed E-state index contributed by atoms with van der Waals surface area (Å²) in [5.74, 6) is -2.21. The molecule has 0 saturated heterocycles. The fraction of sp³-hybridized carbons (Fsp3) is 0.0556. The van der Waals surface area contributed by atoms with E-state index in [9.17, 15) is 19.8 Å². The quantitative estimate of drug-likeness (QED) is 0.730. The lowest BCUT2D eigenvalue weighted by atomic mass is 10.1. The van der Waals surface area contributed by atoms with Crippen molar-refractivity contribution in [1.29, 1.82) is 0 Å². The van der Waals surface area contributed by atoms with Crippen LogP contribution in [-0.2, 0) is 0 Å². The van der Waals surface area contributed by atoms with Gasteiger partial charge in [0.1, 0.15) is 5.75 Å². The molecule has 126 valence electrons. The molecule has 0 amide bonds. The number of carboxylic acids is 2. The summed E-state index contributed by atoms with van der Waals surface area (Å²) in [6.07, 6.45) is 1.19. The summed E-state index contributed by atoms with van der Waals surface area (Å²) >= 11 is 0. The number of nitrogens with one attached hydrogen (secondary N) is 1. The molecule has 0 spiro atoms. The number of ether oxygens (including phenoxy) is 1. The molecule has 0 saturated carbocycles. The topological polar surface area (TPSA) is 114 Å². The Balaban J connectivity index is 2.18. The Morgan fingerprint density at radius 1 is 1.08 bits per heavy atom. The number of carbonyl (C=O) groups excluding carboxylic acids is 2. The van der Waals surface area contributed by atoms with Crippen LogP contribution in [0.4, 0.5) is 11.4 Å². The molecule has 25 heavy (non-hydrogen) atoms. The number of methoxy groups -OCH3 is 1. The molecule has 7 nitrogen and oxygen atoms in total. The molecule has 1 N–H and O–H groups in total. The van der Waals surface area contributed by atoms with Crippen LogP contribution < -0.4 is 20.3 Å². The third kappa shape index (κ3) is 3.20. The molecular formula is C18H12N2O5-2. The Hall–Kier alpha value is -3.61. The van der Waals surface area contributed by atoms with E-state index in [0.29, 0.717) is 22.3 Å². The highest BCUT2D eigenvalue weighted by Crippen LogP contribution is 2.31. The number of fused-ring (bicyclic) bond motifs is 1. The average molecular weight is 336 g/mol. The number of aromatic nitrogens is 1. The Labute approximate surface area is 142 Å². The summed E-state index contributed by atoms with van der Waals surface area (Å²) in [5.41, 5.74) is 0.985. The molecule has 1 aromatic heterocycles. The maximum atomic E-state index is 11.5. The molecule has 0 bridgehead atoms. The van der Waals surface area contributed by atoms with E-state index in [1.165, 1.54) is 31.5 Å². The minimum Gasteiger partial charge on any atom is -0.545 e. The first kappa shape index (κ1) is 16.3. The smallest absolute Gasteiger partial charge is 0.119 e. The molecule has 0 unspecified atom stereocenters. The molecule has 0 aliphatic heterocycles. The predicted molar refractivity (Wildman–Crippen MR) is 86.7 cm³/mol. The summed E-state index contributed by atoms with van der Waals surface area (Å²) in [4.78, 5) is 26.6. The van der Waals surface area contributed by atoms with Crippen molar-refractivity contribution in [1.82, 2.24) is 4.98 Å². The fourth-order valence-corrected chi connectivity index (χ4v) is 2.46. The van der Waals surface area contributed by atoms with E-state index in [0.717, 1.165) is 0 Å². The fourth-order valence-electron chi connectivity index (χ4n) is 2.46. The highest BCUT2D eigenvalue weighted by atomic mass is 16.5. The Kier molecular flexibility index (Phi) is 4.21. The normalized spacial score (nSPS) is 10.4. The summed E-state index contributed by atoms with van der Waals surface area (Å²) in [6, 6.07) is 10.9. The average Bonchev–Trinajstić information content (AvgIpc) is 2.61. The van der Waals surface area contributed by atoms with Gasteiger partial charge in [-0.3, -0.25) is 4.98 Å². The van der Waals surface area contributed by atoms with Crippen LogP contribution in [0.15, 0.2) is 48.7 Å². The second kappa shape index (κ2) is 6.48. The maximum Gasteiger partial charge on any atom is 0.119 e. The van der Waals surface area contributed by atoms with Gasteiger partial charge in [-0.1, -0.05) is 12.1 Å². The van der Waals surface area contributed by atoms with Crippen molar-refractivity contribution in [2.75, 3.05) is 12.4 Å². The lowest BCUT2D eigenvalue weighted by Crippen LogP contribution is -2.24. The lowest BCUT2D eigenvalue weighted by Gasteiger charge is -2.16. The number of nitrogens with zero attached hydrogens (tertiary/aromatic N) is 1. The van der Waals surface area contributed by atoms with E-state index in [4.69, 9.17) is 4.74 Å². The van der Waals surface area contributed by atoms with Crippen LogP contribution in [0, 0.1) is 0 Å². The van der Waals surface area contributed by atoms with Crippen LogP contribution in [-0.4, -0.2) is 24.0 Å². The van der Waals surface area contributed by atoms with Gasteiger partial charge in [-0.2, -0.15) is 0 Å². The Bertz CT molecular complexity index is 984. The molecular weight excluding hydrogens is 324 g/mol. The van der Waals surface area contributed by atoms with E-state index >= 15 is 0 Å². The standard InChI is InChI=1S/C18H14N2O5/c1-25-12-5-6-15-13(8-12)16(14(9-19-15)18(23)24)20-11-4-2-3-10(7-11)17(21)22/h2-9H,1H3,(H,19,20)(H,21,22)(H,23,24)/p-2. The maximum absolute atomic E-state index is 11.5. The predicted octanol–water partition coefficient (Wildman–Crippen LogP) is 0.714. The third-order valence-corrected chi connectivity index (χ3v) is 3.66. The molecule has 0 aliphatic rings. The van der Waals surface area contributed by atoms with Crippen LogP contribution in [0.2, 0.25) is 0 Å². The number of hydrogen-bond donors (Lipinski definition) is 1. The van der Waals surface area contributed by atoms with Crippen LogP contribution in [0.1, 0.15) is 20.7 Å². The van der Waals surface area contributed by atoms with Crippen LogP contribution >= 0.6 is 0 Å². The number of carboxylic acid groups (broad SMARTS) is 2. The second-order valence-corrected chi connectivity index (χ2v) is 5.21. The van der Waals surface area contributed by atoms with Gasteiger partial charge in [0.25, 0.3) is 0 Å². The largest absolute Gasteiger partial charge is 0.545 e. The number of carbonyl (C=O) groups is 2. The van der Waals surface area contributed by atoms with E-state index in [-0.39, 0.29) is 16.8 Å². The van der Waals surface area contributed by atoms with Gasteiger partial charge in [-0.15, -0.1) is 0 Å². The SMILES string of the molecule is COc1ccc2ncc(C(=O)[O-])c(Nc3cccc(C(=O)[O-])c3)c2c1. The van der Waals surface area contributed by atoms with Crippen molar-refractivity contribution in [3.63, 3.8) is 0 Å². The van der Waals surface area contributed by atoms with Crippen LogP contribution in [0.25, 0.3) is 10.9 Å². The summed E-state index contributed by atoms with van der Waals surface area (Å²) in [5, 5.41) is 25.9. The van der Waals surface area contributed by atoms with Gasteiger partial charge in [-0.25, -0.2) is 0 Å². The minimum atomic E-state index is -1.41. The van der Waals surface area contributed by atoms with Crippen LogP contribution in [0.5, 0.6) is 5.75 Å². The zero-order valence-corrected chi connectivity index (χ0v) is 13.1. The number of benzene rings is 2. The Morgan fingerprint density at radius 2 is 1.88 bits per heavy atom. The van der Waals surface area contributed by atoms with Gasteiger partial charge in [0.2, 0.25) is 0 Å². The number of pyridine rings is 1. The van der Waals surface area contributed by atoms with Gasteiger partial charge >= 0.3 is 0 Å². The molecule has 0 radical (unpaired) electrons. The van der Waals surface area contributed by atoms with Crippen LogP contribution in [0.3, 0.4) is 0 Å². The molecule has 1 heterocycles. The van der Waals surface area contributed by atoms with Crippen molar-refractivity contribution < 1.29 is 24.5 Å². The number of hydrogen-bond acceptors (Lipinski definition) is 7. The van der Waals surface area contributed by atoms with Crippen molar-refractivity contribution >= 4 is 34.2 Å². The second-order valence-electron chi connectivity index (χ2n) is 5.21. The Morgan fingerprint density at radius 3 is 2.56 bits per heavy atom. The van der Waals surface area contributed by atoms with E-state index in [1.807, 2.05) is 0 Å². The first-order valence-corrected chi connectivity index (χ1v) is 7.26. The monoisotopic (exact) mass is 336 g/mol. The summed E-state index contributed by atoms with van der Waals surface area (Å²) in [6.45, 7) is 0. The first-order valence-electron chi connectivity index (χ1n) is 7.26. The van der Waals surface area contributed by atoms with Crippen molar-refractivity contribution in [3.05, 3.63) is 59.8 Å². The number of aromatic carboxylic acids is 2. The van der Waals surface area contributed by atoms with Crippen molar-refractivity contribution in [3.8, 4) is 5.75 Å². The molecule has 3 rings (SSSR count). The zero-order chi connectivity index (χ0) is 18.0. The highest BCUT2D eigenvalue weighted by molar-refractivity contribution is 6.05. The molecule has 2 aromatic carbocycles. The van der Waals surface area contributed by atoms with E-state index in [1.54, 1.807) is 24.3 Å². The molecule has 3 aromatic rings. The zero-order valence-electron chi connectivity index (χ0n) is 13.1.